The number of hydrogen-bond acceptors (Lipinski definition) is 5. The molecule has 3 heterocycles. The summed E-state index contributed by atoms with van der Waals surface area (Å²) in [4.78, 5) is 19.8. The summed E-state index contributed by atoms with van der Waals surface area (Å²) < 4.78 is 0. The lowest BCUT2D eigenvalue weighted by Gasteiger charge is -2.27. The van der Waals surface area contributed by atoms with E-state index in [9.17, 15) is 0 Å². The van der Waals surface area contributed by atoms with E-state index in [4.69, 9.17) is 16.6 Å². The van der Waals surface area contributed by atoms with Gasteiger partial charge in [0, 0.05) is 66.4 Å². The van der Waals surface area contributed by atoms with Crippen molar-refractivity contribution in [3.8, 4) is 11.4 Å². The molecule has 0 aliphatic carbocycles. The molecule has 0 bridgehead atoms. The minimum Gasteiger partial charge on any atom is -0.294 e. The van der Waals surface area contributed by atoms with Gasteiger partial charge in [0.1, 0.15) is 6.33 Å². The minimum atomic E-state index is 0.720. The Bertz CT molecular complexity index is 836. The van der Waals surface area contributed by atoms with Gasteiger partial charge < -0.3 is 0 Å². The molecule has 0 unspecified atom stereocenters. The number of nitrogens with zero attached hydrogens (tertiary/aromatic N) is 5. The number of halogens is 1. The highest BCUT2D eigenvalue weighted by molar-refractivity contribution is 6.30. The third-order valence-electron chi connectivity index (χ3n) is 4.14. The number of rotatable bonds is 3. The van der Waals surface area contributed by atoms with E-state index in [2.05, 4.69) is 19.9 Å². The molecule has 2 aromatic heterocycles. The monoisotopic (exact) mass is 337 g/mol. The van der Waals surface area contributed by atoms with Gasteiger partial charge in [-0.3, -0.25) is 4.90 Å². The largest absolute Gasteiger partial charge is 0.294 e. The first kappa shape index (κ1) is 15.2. The van der Waals surface area contributed by atoms with Crippen LogP contribution in [0.3, 0.4) is 0 Å². The van der Waals surface area contributed by atoms with Gasteiger partial charge in [-0.05, 0) is 24.3 Å². The van der Waals surface area contributed by atoms with Crippen LogP contribution in [-0.2, 0) is 19.5 Å². The van der Waals surface area contributed by atoms with Crippen LogP contribution in [0.4, 0.5) is 0 Å². The quantitative estimate of drug-likeness (QED) is 0.735. The van der Waals surface area contributed by atoms with Crippen molar-refractivity contribution in [2.45, 2.75) is 19.5 Å². The first-order valence-electron chi connectivity index (χ1n) is 7.85. The number of hydrogen-bond donors (Lipinski definition) is 0. The fraction of sp³-hybridized carbons (Fsp3) is 0.222. The first-order valence-corrected chi connectivity index (χ1v) is 8.23. The van der Waals surface area contributed by atoms with Gasteiger partial charge in [0.2, 0.25) is 0 Å². The molecule has 0 amide bonds. The standard InChI is InChI=1S/C18H16ClN5/c19-16-3-1-14(2-4-16)18-22-9-15-11-24(6-5-17(15)23-18)10-13-7-20-12-21-8-13/h1-4,7-9,12H,5-6,10-11H2. The second-order valence-corrected chi connectivity index (χ2v) is 6.32. The molecule has 0 N–H and O–H groups in total. The Balaban J connectivity index is 1.52. The Morgan fingerprint density at radius 3 is 2.62 bits per heavy atom. The molecule has 120 valence electrons. The zero-order chi connectivity index (χ0) is 16.4. The van der Waals surface area contributed by atoms with Crippen LogP contribution in [0.1, 0.15) is 16.8 Å². The summed E-state index contributed by atoms with van der Waals surface area (Å²) in [5, 5.41) is 0.720. The van der Waals surface area contributed by atoms with Crippen molar-refractivity contribution in [3.05, 3.63) is 71.0 Å². The van der Waals surface area contributed by atoms with Crippen molar-refractivity contribution in [2.24, 2.45) is 0 Å². The second kappa shape index (κ2) is 6.63. The molecule has 3 aromatic rings. The first-order chi connectivity index (χ1) is 11.8. The van der Waals surface area contributed by atoms with E-state index in [1.54, 1.807) is 6.33 Å². The van der Waals surface area contributed by atoms with Crippen molar-refractivity contribution in [1.82, 2.24) is 24.8 Å². The molecule has 0 saturated heterocycles. The van der Waals surface area contributed by atoms with Gasteiger partial charge in [-0.15, -0.1) is 0 Å². The summed E-state index contributed by atoms with van der Waals surface area (Å²) in [5.74, 6) is 0.760. The SMILES string of the molecule is Clc1ccc(-c2ncc3c(n2)CCN(Cc2cncnc2)C3)cc1. The lowest BCUT2D eigenvalue weighted by atomic mass is 10.1. The average molecular weight is 338 g/mol. The molecule has 1 aromatic carbocycles. The van der Waals surface area contributed by atoms with Gasteiger partial charge in [-0.1, -0.05) is 11.6 Å². The van der Waals surface area contributed by atoms with Crippen LogP contribution in [0.15, 0.2) is 49.2 Å². The topological polar surface area (TPSA) is 54.8 Å². The zero-order valence-electron chi connectivity index (χ0n) is 13.1. The molecule has 1 aliphatic heterocycles. The van der Waals surface area contributed by atoms with Crippen LogP contribution in [0.5, 0.6) is 0 Å². The smallest absolute Gasteiger partial charge is 0.159 e. The molecule has 0 radical (unpaired) electrons. The Hall–Kier alpha value is -2.37. The third-order valence-corrected chi connectivity index (χ3v) is 4.39. The predicted octanol–water partition coefficient (Wildman–Crippen LogP) is 3.15. The lowest BCUT2D eigenvalue weighted by molar-refractivity contribution is 0.242. The highest BCUT2D eigenvalue weighted by atomic mass is 35.5. The van der Waals surface area contributed by atoms with Crippen molar-refractivity contribution >= 4 is 11.6 Å². The van der Waals surface area contributed by atoms with Gasteiger partial charge in [0.15, 0.2) is 5.82 Å². The van der Waals surface area contributed by atoms with Crippen molar-refractivity contribution in [2.75, 3.05) is 6.54 Å². The third kappa shape index (κ3) is 3.27. The summed E-state index contributed by atoms with van der Waals surface area (Å²) in [6.45, 7) is 2.67. The molecule has 0 atom stereocenters. The van der Waals surface area contributed by atoms with E-state index in [0.29, 0.717) is 0 Å². The van der Waals surface area contributed by atoms with Crippen LogP contribution >= 0.6 is 11.6 Å². The lowest BCUT2D eigenvalue weighted by Crippen LogP contribution is -2.31. The second-order valence-electron chi connectivity index (χ2n) is 5.88. The van der Waals surface area contributed by atoms with Gasteiger partial charge >= 0.3 is 0 Å². The maximum Gasteiger partial charge on any atom is 0.159 e. The number of fused-ring (bicyclic) bond motifs is 1. The van der Waals surface area contributed by atoms with Gasteiger partial charge in [-0.2, -0.15) is 0 Å². The molecule has 24 heavy (non-hydrogen) atoms. The molecule has 5 nitrogen and oxygen atoms in total. The van der Waals surface area contributed by atoms with E-state index in [1.807, 2.05) is 42.9 Å². The minimum absolute atomic E-state index is 0.720. The van der Waals surface area contributed by atoms with Gasteiger partial charge in [-0.25, -0.2) is 19.9 Å². The summed E-state index contributed by atoms with van der Waals surface area (Å²) in [6, 6.07) is 7.63. The molecule has 6 heteroatoms. The molecular formula is C18H16ClN5. The summed E-state index contributed by atoms with van der Waals surface area (Å²) in [7, 11) is 0. The highest BCUT2D eigenvalue weighted by Crippen LogP contribution is 2.23. The zero-order valence-corrected chi connectivity index (χ0v) is 13.8. The van der Waals surface area contributed by atoms with Crippen molar-refractivity contribution in [1.29, 1.82) is 0 Å². The maximum atomic E-state index is 5.94. The number of benzene rings is 1. The molecule has 0 spiro atoms. The van der Waals surface area contributed by atoms with Gasteiger partial charge in [0.05, 0.1) is 5.69 Å². The fourth-order valence-electron chi connectivity index (χ4n) is 2.92. The molecule has 0 fully saturated rings. The van der Waals surface area contributed by atoms with E-state index >= 15 is 0 Å². The normalized spacial score (nSPS) is 14.4. The van der Waals surface area contributed by atoms with Crippen LogP contribution in [0.25, 0.3) is 11.4 Å². The van der Waals surface area contributed by atoms with Crippen LogP contribution in [-0.4, -0.2) is 31.4 Å². The molecular weight excluding hydrogens is 322 g/mol. The Labute approximate surface area is 145 Å². The summed E-state index contributed by atoms with van der Waals surface area (Å²) in [6.07, 6.45) is 8.15. The summed E-state index contributed by atoms with van der Waals surface area (Å²) in [5.41, 5.74) is 4.44. The van der Waals surface area contributed by atoms with E-state index in [-0.39, 0.29) is 0 Å². The molecule has 1 aliphatic rings. The predicted molar refractivity (Wildman–Crippen MR) is 92.3 cm³/mol. The Morgan fingerprint density at radius 2 is 1.83 bits per heavy atom. The van der Waals surface area contributed by atoms with E-state index in [1.165, 1.54) is 5.56 Å². The fourth-order valence-corrected chi connectivity index (χ4v) is 3.04. The van der Waals surface area contributed by atoms with Crippen molar-refractivity contribution in [3.63, 3.8) is 0 Å². The number of aromatic nitrogens is 4. The molecule has 0 saturated carbocycles. The maximum absolute atomic E-state index is 5.94. The van der Waals surface area contributed by atoms with Gasteiger partial charge in [0.25, 0.3) is 0 Å². The summed E-state index contributed by atoms with van der Waals surface area (Å²) >= 11 is 5.94. The molecule has 4 rings (SSSR count). The Morgan fingerprint density at radius 1 is 1.04 bits per heavy atom. The van der Waals surface area contributed by atoms with E-state index in [0.717, 1.165) is 53.7 Å². The highest BCUT2D eigenvalue weighted by Gasteiger charge is 2.19. The van der Waals surface area contributed by atoms with E-state index < -0.39 is 0 Å². The van der Waals surface area contributed by atoms with Crippen LogP contribution < -0.4 is 0 Å². The average Bonchev–Trinajstić information content (AvgIpc) is 2.63. The van der Waals surface area contributed by atoms with Crippen LogP contribution in [0, 0.1) is 0 Å². The van der Waals surface area contributed by atoms with Crippen LogP contribution in [0.2, 0.25) is 5.02 Å². The van der Waals surface area contributed by atoms with Crippen molar-refractivity contribution < 1.29 is 0 Å². The Kier molecular flexibility index (Phi) is 4.19.